The van der Waals surface area contributed by atoms with Gasteiger partial charge in [0, 0.05) is 13.0 Å². The summed E-state index contributed by atoms with van der Waals surface area (Å²) in [5, 5.41) is 37.0. The molecule has 0 radical (unpaired) electrons. The Bertz CT molecular complexity index is 166. The topological polar surface area (TPSA) is 80.9 Å². The van der Waals surface area contributed by atoms with E-state index in [1.54, 1.807) is 0 Å². The fourth-order valence-electron chi connectivity index (χ4n) is 1.68. The van der Waals surface area contributed by atoms with Crippen molar-refractivity contribution in [1.29, 1.82) is 0 Å². The minimum Gasteiger partial charge on any atom is -0.396 e. The molecule has 0 amide bonds. The van der Waals surface area contributed by atoms with E-state index in [1.165, 1.54) is 0 Å². The van der Waals surface area contributed by atoms with Crippen molar-refractivity contribution in [2.45, 2.75) is 30.0 Å². The van der Waals surface area contributed by atoms with Crippen LogP contribution in [0.25, 0.3) is 0 Å². The van der Waals surface area contributed by atoms with Crippen LogP contribution in [-0.4, -0.2) is 62.6 Å². The van der Waals surface area contributed by atoms with Gasteiger partial charge in [0.15, 0.2) is 0 Å². The van der Waals surface area contributed by atoms with E-state index < -0.39 is 18.3 Å². The molecule has 1 aliphatic rings. The van der Waals surface area contributed by atoms with Crippen LogP contribution in [0.5, 0.6) is 0 Å². The summed E-state index contributed by atoms with van der Waals surface area (Å²) in [5.41, 5.74) is 0. The number of aliphatic hydroxyl groups is 4. The van der Waals surface area contributed by atoms with Gasteiger partial charge in [-0.3, -0.25) is 0 Å². The third kappa shape index (κ3) is 2.35. The predicted molar refractivity (Wildman–Crippen MR) is 51.7 cm³/mol. The first-order valence-corrected chi connectivity index (χ1v) is 6.21. The largest absolute Gasteiger partial charge is 0.396 e. The molecule has 0 saturated carbocycles. The van der Waals surface area contributed by atoms with Gasteiger partial charge in [-0.25, -0.2) is 0 Å². The SMILES string of the molecule is C[S+]1C[C@@H](O)[C@H](O)[C@@H](O)[C@@H]1CCO. The van der Waals surface area contributed by atoms with Crippen molar-refractivity contribution in [2.24, 2.45) is 0 Å². The van der Waals surface area contributed by atoms with Crippen molar-refractivity contribution in [2.75, 3.05) is 18.6 Å². The van der Waals surface area contributed by atoms with Gasteiger partial charge < -0.3 is 20.4 Å². The van der Waals surface area contributed by atoms with E-state index in [0.717, 1.165) is 0 Å². The molecule has 0 aromatic heterocycles. The van der Waals surface area contributed by atoms with E-state index >= 15 is 0 Å². The van der Waals surface area contributed by atoms with Crippen LogP contribution in [0, 0.1) is 0 Å². The molecule has 1 fully saturated rings. The molecular weight excluding hydrogens is 192 g/mol. The lowest BCUT2D eigenvalue weighted by atomic mass is 10.0. The van der Waals surface area contributed by atoms with Gasteiger partial charge in [-0.2, -0.15) is 0 Å². The predicted octanol–water partition coefficient (Wildman–Crippen LogP) is -1.92. The minimum absolute atomic E-state index is 0.0158. The van der Waals surface area contributed by atoms with Crippen LogP contribution in [0.1, 0.15) is 6.42 Å². The molecule has 1 saturated heterocycles. The lowest BCUT2D eigenvalue weighted by molar-refractivity contribution is -0.0578. The fraction of sp³-hybridized carbons (Fsp3) is 1.00. The van der Waals surface area contributed by atoms with E-state index in [4.69, 9.17) is 5.11 Å². The lowest BCUT2D eigenvalue weighted by Gasteiger charge is -2.33. The zero-order chi connectivity index (χ0) is 10.0. The Labute approximate surface area is 80.6 Å². The highest BCUT2D eigenvalue weighted by atomic mass is 32.2. The van der Waals surface area contributed by atoms with Crippen LogP contribution in [-0.2, 0) is 10.9 Å². The van der Waals surface area contributed by atoms with Gasteiger partial charge in [0.05, 0.1) is 6.26 Å². The molecule has 4 nitrogen and oxygen atoms in total. The Kier molecular flexibility index (Phi) is 4.00. The van der Waals surface area contributed by atoms with Gasteiger partial charge in [-0.05, 0) is 10.9 Å². The molecule has 1 aliphatic heterocycles. The summed E-state index contributed by atoms with van der Waals surface area (Å²) in [6.07, 6.45) is -0.341. The number of aliphatic hydroxyl groups excluding tert-OH is 4. The summed E-state index contributed by atoms with van der Waals surface area (Å²) >= 11 is 0. The number of hydrogen-bond acceptors (Lipinski definition) is 4. The fourth-order valence-corrected chi connectivity index (χ4v) is 3.80. The van der Waals surface area contributed by atoms with Gasteiger partial charge in [-0.1, -0.05) is 0 Å². The molecule has 0 bridgehead atoms. The van der Waals surface area contributed by atoms with Gasteiger partial charge in [0.1, 0.15) is 29.3 Å². The highest BCUT2D eigenvalue weighted by Gasteiger charge is 2.46. The van der Waals surface area contributed by atoms with Crippen molar-refractivity contribution in [1.82, 2.24) is 0 Å². The van der Waals surface area contributed by atoms with Crippen molar-refractivity contribution >= 4 is 10.9 Å². The highest BCUT2D eigenvalue weighted by molar-refractivity contribution is 7.96. The first-order chi connectivity index (χ1) is 6.07. The van der Waals surface area contributed by atoms with Gasteiger partial charge in [0.25, 0.3) is 0 Å². The maximum atomic E-state index is 9.60. The quantitative estimate of drug-likeness (QED) is 0.400. The normalized spacial score (nSPS) is 46.4. The lowest BCUT2D eigenvalue weighted by Crippen LogP contribution is -2.56. The molecule has 13 heavy (non-hydrogen) atoms. The summed E-state index contributed by atoms with van der Waals surface area (Å²) in [6, 6.07) is 0. The van der Waals surface area contributed by atoms with Crippen LogP contribution in [0.4, 0.5) is 0 Å². The van der Waals surface area contributed by atoms with Crippen molar-refractivity contribution in [3.63, 3.8) is 0 Å². The van der Waals surface area contributed by atoms with E-state index in [9.17, 15) is 15.3 Å². The number of rotatable bonds is 2. The minimum atomic E-state index is -1.06. The second kappa shape index (κ2) is 4.61. The van der Waals surface area contributed by atoms with Crippen LogP contribution in [0.15, 0.2) is 0 Å². The smallest absolute Gasteiger partial charge is 0.148 e. The Hall–Kier alpha value is 0.190. The Balaban J connectivity index is 2.61. The molecule has 1 rings (SSSR count). The van der Waals surface area contributed by atoms with Gasteiger partial charge >= 0.3 is 0 Å². The Morgan fingerprint density at radius 1 is 1.23 bits per heavy atom. The molecular formula is C8H17O4S+. The molecule has 5 heteroatoms. The van der Waals surface area contributed by atoms with E-state index in [2.05, 4.69) is 0 Å². The molecule has 0 aromatic rings. The maximum Gasteiger partial charge on any atom is 0.148 e. The zero-order valence-corrected chi connectivity index (χ0v) is 8.44. The van der Waals surface area contributed by atoms with Crippen LogP contribution >= 0.6 is 0 Å². The van der Waals surface area contributed by atoms with Crippen molar-refractivity contribution in [3.8, 4) is 0 Å². The summed E-state index contributed by atoms with van der Waals surface area (Å²) in [7, 11) is -0.129. The molecule has 0 spiro atoms. The van der Waals surface area contributed by atoms with E-state index in [1.807, 2.05) is 6.26 Å². The highest BCUT2D eigenvalue weighted by Crippen LogP contribution is 2.23. The zero-order valence-electron chi connectivity index (χ0n) is 7.63. The summed E-state index contributed by atoms with van der Waals surface area (Å²) < 4.78 is 0. The van der Waals surface area contributed by atoms with Crippen LogP contribution in [0.2, 0.25) is 0 Å². The maximum absolute atomic E-state index is 9.60. The van der Waals surface area contributed by atoms with Gasteiger partial charge in [0.2, 0.25) is 0 Å². The molecule has 5 atom stereocenters. The van der Waals surface area contributed by atoms with E-state index in [0.29, 0.717) is 12.2 Å². The second-order valence-corrected chi connectivity index (χ2v) is 5.78. The summed E-state index contributed by atoms with van der Waals surface area (Å²) in [6.45, 7) is 0.0158. The summed E-state index contributed by atoms with van der Waals surface area (Å²) in [4.78, 5) is 0. The average Bonchev–Trinajstić information content (AvgIpc) is 2.09. The second-order valence-electron chi connectivity index (χ2n) is 3.46. The molecule has 4 N–H and O–H groups in total. The first kappa shape index (κ1) is 11.3. The molecule has 0 aromatic carbocycles. The van der Waals surface area contributed by atoms with Crippen molar-refractivity contribution < 1.29 is 20.4 Å². The standard InChI is InChI=1S/C8H17O4S/c1-13-4-5(10)7(11)8(12)6(13)2-3-9/h5-12H,2-4H2,1H3/q+1/t5-,6+,7+,8+,13?/m1/s1. The molecule has 0 aliphatic carbocycles. The average molecular weight is 209 g/mol. The first-order valence-electron chi connectivity index (χ1n) is 4.34. The number of hydrogen-bond donors (Lipinski definition) is 4. The Morgan fingerprint density at radius 2 is 1.85 bits per heavy atom. The summed E-state index contributed by atoms with van der Waals surface area (Å²) in [5.74, 6) is 0.517. The third-order valence-corrected chi connectivity index (χ3v) is 4.90. The van der Waals surface area contributed by atoms with Crippen LogP contribution in [0.3, 0.4) is 0 Å². The molecule has 1 heterocycles. The van der Waals surface area contributed by atoms with Crippen molar-refractivity contribution in [3.05, 3.63) is 0 Å². The third-order valence-electron chi connectivity index (χ3n) is 2.49. The van der Waals surface area contributed by atoms with Crippen LogP contribution < -0.4 is 0 Å². The molecule has 1 unspecified atom stereocenters. The van der Waals surface area contributed by atoms with Gasteiger partial charge in [-0.15, -0.1) is 0 Å². The molecule has 78 valence electrons. The Morgan fingerprint density at radius 3 is 2.38 bits per heavy atom. The monoisotopic (exact) mass is 209 g/mol. The van der Waals surface area contributed by atoms with E-state index in [-0.39, 0.29) is 22.8 Å².